The molecule has 2 fully saturated rings. The van der Waals surface area contributed by atoms with Crippen LogP contribution in [0.15, 0.2) is 5.38 Å². The molecule has 4 atom stereocenters. The Morgan fingerprint density at radius 1 is 1.44 bits per heavy atom. The van der Waals surface area contributed by atoms with Crippen LogP contribution < -0.4 is 0 Å². The standard InChI is InChI=1S/C18H26N2O4S/c1-3-24-11(2)17-19-13(10-25-17)9-16(21)20-14-7-5-4-6-12(14)8-15(20)18(22)23/h10-12,14-15H,3-9H2,1-2H3,(H,22,23)/t11-,12+,14-,15+/m1/s1. The van der Waals surface area contributed by atoms with Crippen LogP contribution in [0.25, 0.3) is 0 Å². The molecule has 1 saturated carbocycles. The van der Waals surface area contributed by atoms with Crippen LogP contribution in [0.4, 0.5) is 0 Å². The van der Waals surface area contributed by atoms with E-state index in [9.17, 15) is 14.7 Å². The number of carboxylic acids is 1. The Kier molecular flexibility index (Phi) is 5.74. The van der Waals surface area contributed by atoms with Gasteiger partial charge in [0.05, 0.1) is 12.1 Å². The van der Waals surface area contributed by atoms with Crippen molar-refractivity contribution >= 4 is 23.2 Å². The highest BCUT2D eigenvalue weighted by atomic mass is 32.1. The predicted molar refractivity (Wildman–Crippen MR) is 94.5 cm³/mol. The lowest BCUT2D eigenvalue weighted by atomic mass is 9.84. The van der Waals surface area contributed by atoms with Gasteiger partial charge in [0, 0.05) is 18.0 Å². The van der Waals surface area contributed by atoms with E-state index >= 15 is 0 Å². The Morgan fingerprint density at radius 3 is 2.92 bits per heavy atom. The van der Waals surface area contributed by atoms with Crippen molar-refractivity contribution in [3.63, 3.8) is 0 Å². The first-order valence-electron chi connectivity index (χ1n) is 9.11. The van der Waals surface area contributed by atoms with Crippen LogP contribution in [-0.4, -0.2) is 45.6 Å². The topological polar surface area (TPSA) is 79.7 Å². The highest BCUT2D eigenvalue weighted by Gasteiger charge is 2.47. The summed E-state index contributed by atoms with van der Waals surface area (Å²) in [6.07, 6.45) is 4.84. The molecule has 0 spiro atoms. The molecule has 1 aliphatic carbocycles. The Hall–Kier alpha value is -1.47. The summed E-state index contributed by atoms with van der Waals surface area (Å²) in [7, 11) is 0. The molecule has 3 rings (SSSR count). The number of nitrogens with zero attached hydrogens (tertiary/aromatic N) is 2. The predicted octanol–water partition coefficient (Wildman–Crippen LogP) is 3.03. The maximum atomic E-state index is 12.9. The van der Waals surface area contributed by atoms with Gasteiger partial charge in [0.15, 0.2) is 0 Å². The molecule has 1 aliphatic heterocycles. The fourth-order valence-corrected chi connectivity index (χ4v) is 5.02. The number of fused-ring (bicyclic) bond motifs is 1. The summed E-state index contributed by atoms with van der Waals surface area (Å²) in [6, 6.07) is -0.594. The second-order valence-electron chi connectivity index (χ2n) is 6.95. The van der Waals surface area contributed by atoms with Crippen LogP contribution in [0.2, 0.25) is 0 Å². The second-order valence-corrected chi connectivity index (χ2v) is 7.84. The van der Waals surface area contributed by atoms with E-state index in [4.69, 9.17) is 4.74 Å². The van der Waals surface area contributed by atoms with E-state index in [0.29, 0.717) is 24.6 Å². The van der Waals surface area contributed by atoms with Gasteiger partial charge in [-0.3, -0.25) is 4.79 Å². The largest absolute Gasteiger partial charge is 0.480 e. The molecule has 2 heterocycles. The maximum Gasteiger partial charge on any atom is 0.326 e. The molecule has 0 aromatic carbocycles. The lowest BCUT2D eigenvalue weighted by Gasteiger charge is -2.33. The van der Waals surface area contributed by atoms with Gasteiger partial charge in [-0.15, -0.1) is 11.3 Å². The molecule has 1 aromatic rings. The average molecular weight is 366 g/mol. The average Bonchev–Trinajstić information content (AvgIpc) is 3.19. The molecule has 138 valence electrons. The number of aliphatic carboxylic acids is 1. The monoisotopic (exact) mass is 366 g/mol. The Bertz CT molecular complexity index is 632. The Balaban J connectivity index is 1.71. The molecular formula is C18H26N2O4S. The van der Waals surface area contributed by atoms with Crippen molar-refractivity contribution in [2.75, 3.05) is 6.61 Å². The third-order valence-corrected chi connectivity index (χ3v) is 6.38. The number of rotatable bonds is 6. The zero-order chi connectivity index (χ0) is 18.0. The number of carbonyl (C=O) groups excluding carboxylic acids is 1. The number of amides is 1. The van der Waals surface area contributed by atoms with Crippen molar-refractivity contribution in [3.05, 3.63) is 16.1 Å². The van der Waals surface area contributed by atoms with Crippen LogP contribution in [0, 0.1) is 5.92 Å². The van der Waals surface area contributed by atoms with Gasteiger partial charge in [0.2, 0.25) is 5.91 Å². The summed E-state index contributed by atoms with van der Waals surface area (Å²) >= 11 is 1.49. The zero-order valence-electron chi connectivity index (χ0n) is 14.8. The van der Waals surface area contributed by atoms with E-state index in [0.717, 1.165) is 30.7 Å². The van der Waals surface area contributed by atoms with E-state index in [-0.39, 0.29) is 24.5 Å². The molecule has 2 aliphatic rings. The number of hydrogen-bond donors (Lipinski definition) is 1. The number of hydrogen-bond acceptors (Lipinski definition) is 5. The normalized spacial score (nSPS) is 27.1. The van der Waals surface area contributed by atoms with Crippen LogP contribution in [-0.2, 0) is 20.7 Å². The lowest BCUT2D eigenvalue weighted by molar-refractivity contribution is -0.149. The van der Waals surface area contributed by atoms with Gasteiger partial charge < -0.3 is 14.7 Å². The number of aromatic nitrogens is 1. The second kappa shape index (κ2) is 7.83. The molecular weight excluding hydrogens is 340 g/mol. The molecule has 25 heavy (non-hydrogen) atoms. The number of ether oxygens (including phenoxy) is 1. The molecule has 1 saturated heterocycles. The summed E-state index contributed by atoms with van der Waals surface area (Å²) in [6.45, 7) is 4.50. The van der Waals surface area contributed by atoms with Crippen molar-refractivity contribution < 1.29 is 19.4 Å². The maximum absolute atomic E-state index is 12.9. The first-order valence-corrected chi connectivity index (χ1v) is 9.99. The fraction of sp³-hybridized carbons (Fsp3) is 0.722. The smallest absolute Gasteiger partial charge is 0.326 e. The van der Waals surface area contributed by atoms with Gasteiger partial charge >= 0.3 is 5.97 Å². The summed E-state index contributed by atoms with van der Waals surface area (Å²) in [5, 5.41) is 12.3. The summed E-state index contributed by atoms with van der Waals surface area (Å²) in [5.74, 6) is -0.655. The van der Waals surface area contributed by atoms with Crippen LogP contribution in [0.3, 0.4) is 0 Å². The first-order chi connectivity index (χ1) is 12.0. The van der Waals surface area contributed by atoms with Gasteiger partial charge in [-0.25, -0.2) is 9.78 Å². The lowest BCUT2D eigenvalue weighted by Crippen LogP contribution is -2.46. The van der Waals surface area contributed by atoms with Gasteiger partial charge in [-0.05, 0) is 39.0 Å². The van der Waals surface area contributed by atoms with E-state index in [1.54, 1.807) is 4.90 Å². The Morgan fingerprint density at radius 2 is 2.20 bits per heavy atom. The highest BCUT2D eigenvalue weighted by Crippen LogP contribution is 2.40. The quantitative estimate of drug-likeness (QED) is 0.837. The third-order valence-electron chi connectivity index (χ3n) is 5.33. The highest BCUT2D eigenvalue weighted by molar-refractivity contribution is 7.09. The number of carboxylic acid groups (broad SMARTS) is 1. The molecule has 0 bridgehead atoms. The van der Waals surface area contributed by atoms with E-state index < -0.39 is 12.0 Å². The molecule has 1 amide bonds. The van der Waals surface area contributed by atoms with Crippen molar-refractivity contribution in [2.45, 2.75) is 70.6 Å². The van der Waals surface area contributed by atoms with Crippen LogP contribution >= 0.6 is 11.3 Å². The molecule has 1 N–H and O–H groups in total. The molecule has 0 unspecified atom stereocenters. The molecule has 1 aromatic heterocycles. The van der Waals surface area contributed by atoms with Crippen molar-refractivity contribution in [1.82, 2.24) is 9.88 Å². The summed E-state index contributed by atoms with van der Waals surface area (Å²) < 4.78 is 5.54. The van der Waals surface area contributed by atoms with Crippen molar-refractivity contribution in [1.29, 1.82) is 0 Å². The molecule has 0 radical (unpaired) electrons. The fourth-order valence-electron chi connectivity index (χ4n) is 4.20. The minimum atomic E-state index is -0.883. The number of carbonyl (C=O) groups is 2. The van der Waals surface area contributed by atoms with Gasteiger partial charge in [-0.2, -0.15) is 0 Å². The first kappa shape index (κ1) is 18.3. The minimum Gasteiger partial charge on any atom is -0.480 e. The summed E-state index contributed by atoms with van der Waals surface area (Å²) in [4.78, 5) is 30.7. The number of thiazole rings is 1. The van der Waals surface area contributed by atoms with E-state index in [1.807, 2.05) is 19.2 Å². The Labute approximate surface area is 152 Å². The minimum absolute atomic E-state index is 0.0832. The van der Waals surface area contributed by atoms with Gasteiger partial charge in [-0.1, -0.05) is 12.8 Å². The van der Waals surface area contributed by atoms with Crippen molar-refractivity contribution in [3.8, 4) is 0 Å². The van der Waals surface area contributed by atoms with Gasteiger partial charge in [0.1, 0.15) is 17.2 Å². The summed E-state index contributed by atoms with van der Waals surface area (Å²) in [5.41, 5.74) is 0.708. The van der Waals surface area contributed by atoms with Crippen LogP contribution in [0.1, 0.15) is 62.8 Å². The molecule has 6 nitrogen and oxygen atoms in total. The number of likely N-dealkylation sites (tertiary alicyclic amines) is 1. The van der Waals surface area contributed by atoms with Gasteiger partial charge in [0.25, 0.3) is 0 Å². The van der Waals surface area contributed by atoms with E-state index in [2.05, 4.69) is 4.98 Å². The van der Waals surface area contributed by atoms with Crippen molar-refractivity contribution in [2.24, 2.45) is 5.92 Å². The zero-order valence-corrected chi connectivity index (χ0v) is 15.6. The SMILES string of the molecule is CCO[C@H](C)c1nc(CC(=O)N2[C@@H]3CCCC[C@H]3C[C@H]2C(=O)O)cs1. The van der Waals surface area contributed by atoms with Crippen LogP contribution in [0.5, 0.6) is 0 Å². The molecule has 7 heteroatoms. The van der Waals surface area contributed by atoms with E-state index in [1.165, 1.54) is 11.3 Å². The third kappa shape index (κ3) is 3.87.